The van der Waals surface area contributed by atoms with Crippen molar-refractivity contribution in [2.24, 2.45) is 0 Å². The molecule has 5 nitrogen and oxygen atoms in total. The number of hydrogen-bond acceptors (Lipinski definition) is 5. The molecule has 0 fully saturated rings. The van der Waals surface area contributed by atoms with Crippen LogP contribution in [0.3, 0.4) is 0 Å². The van der Waals surface area contributed by atoms with Gasteiger partial charge in [0.05, 0.1) is 0 Å². The molecule has 0 aliphatic carbocycles. The molecular weight excluding hydrogens is 300 g/mol. The van der Waals surface area contributed by atoms with Gasteiger partial charge in [0, 0.05) is 12.7 Å². The van der Waals surface area contributed by atoms with E-state index in [1.54, 1.807) is 12.1 Å². The number of nitrogens with zero attached hydrogens (tertiary/aromatic N) is 1. The molecule has 2 N–H and O–H groups in total. The van der Waals surface area contributed by atoms with Gasteiger partial charge in [0.15, 0.2) is 11.3 Å². The van der Waals surface area contributed by atoms with Crippen LogP contribution in [0.2, 0.25) is 0 Å². The van der Waals surface area contributed by atoms with Crippen LogP contribution in [0.1, 0.15) is 11.1 Å². The molecule has 0 atom stereocenters. The highest BCUT2D eigenvalue weighted by Gasteiger charge is 2.18. The Morgan fingerprint density at radius 3 is 2.77 bits per heavy atom. The quantitative estimate of drug-likeness (QED) is 0.723. The van der Waals surface area contributed by atoms with Crippen LogP contribution >= 0.6 is 12.2 Å². The minimum atomic E-state index is -0.691. The lowest BCUT2D eigenvalue weighted by atomic mass is 10.2. The van der Waals surface area contributed by atoms with Gasteiger partial charge in [-0.3, -0.25) is 0 Å². The molecule has 22 heavy (non-hydrogen) atoms. The van der Waals surface area contributed by atoms with Gasteiger partial charge in [-0.25, -0.2) is 9.78 Å². The van der Waals surface area contributed by atoms with Crippen molar-refractivity contribution in [2.45, 2.75) is 6.54 Å². The molecule has 0 saturated carbocycles. The van der Waals surface area contributed by atoms with E-state index < -0.39 is 5.63 Å². The number of rotatable bonds is 3. The number of fused-ring (bicyclic) bond motifs is 1. The van der Waals surface area contributed by atoms with E-state index in [1.807, 2.05) is 30.3 Å². The summed E-state index contributed by atoms with van der Waals surface area (Å²) < 4.78 is 5.14. The van der Waals surface area contributed by atoms with Crippen molar-refractivity contribution in [3.05, 3.63) is 70.2 Å². The molecule has 0 amide bonds. The van der Waals surface area contributed by atoms with Gasteiger partial charge in [-0.2, -0.15) is 0 Å². The first-order valence-electron chi connectivity index (χ1n) is 6.60. The second kappa shape index (κ2) is 5.95. The molecule has 0 bridgehead atoms. The number of nitrogens with one attached hydrogen (secondary N) is 1. The van der Waals surface area contributed by atoms with Crippen LogP contribution in [0.15, 0.2) is 57.9 Å². The third kappa shape index (κ3) is 2.68. The van der Waals surface area contributed by atoms with Gasteiger partial charge in [0.1, 0.15) is 16.1 Å². The van der Waals surface area contributed by atoms with Gasteiger partial charge in [0.25, 0.3) is 0 Å². The first-order chi connectivity index (χ1) is 10.7. The summed E-state index contributed by atoms with van der Waals surface area (Å²) in [5.74, 6) is -0.266. The zero-order chi connectivity index (χ0) is 15.5. The molecule has 6 heteroatoms. The molecule has 0 spiro atoms. The summed E-state index contributed by atoms with van der Waals surface area (Å²) in [6.45, 7) is 0.443. The highest BCUT2D eigenvalue weighted by Crippen LogP contribution is 2.24. The van der Waals surface area contributed by atoms with Gasteiger partial charge in [0.2, 0.25) is 0 Å². The summed E-state index contributed by atoms with van der Waals surface area (Å²) in [6.07, 6.45) is 1.51. The Bertz CT molecular complexity index is 891. The molecule has 0 aliphatic heterocycles. The maximum atomic E-state index is 12.0. The largest absolute Gasteiger partial charge is 0.505 e. The zero-order valence-electron chi connectivity index (χ0n) is 11.4. The second-order valence-electron chi connectivity index (χ2n) is 4.63. The summed E-state index contributed by atoms with van der Waals surface area (Å²) in [5, 5.41) is 13.2. The molecule has 110 valence electrons. The lowest BCUT2D eigenvalue weighted by Gasteiger charge is -2.09. The monoisotopic (exact) mass is 312 g/mol. The molecular formula is C16H12N2O3S. The van der Waals surface area contributed by atoms with Crippen LogP contribution in [0, 0.1) is 0 Å². The fourth-order valence-corrected chi connectivity index (χ4v) is 2.34. The zero-order valence-corrected chi connectivity index (χ0v) is 12.3. The fraction of sp³-hybridized carbons (Fsp3) is 0.0625. The van der Waals surface area contributed by atoms with Crippen LogP contribution in [-0.4, -0.2) is 15.1 Å². The molecule has 0 aliphatic rings. The van der Waals surface area contributed by atoms with E-state index in [9.17, 15) is 9.90 Å². The topological polar surface area (TPSA) is 75.4 Å². The van der Waals surface area contributed by atoms with Gasteiger partial charge in [-0.15, -0.1) is 0 Å². The number of hydrogen-bond donors (Lipinski definition) is 2. The van der Waals surface area contributed by atoms with Crippen LogP contribution in [0.25, 0.3) is 11.1 Å². The predicted octanol–water partition coefficient (Wildman–Crippen LogP) is 2.36. The summed E-state index contributed by atoms with van der Waals surface area (Å²) in [4.78, 5) is 16.2. The van der Waals surface area contributed by atoms with Gasteiger partial charge < -0.3 is 14.8 Å². The standard InChI is InChI=1S/C16H12N2O3S/c19-14-12(15(22)18-9-10-5-2-1-3-6-10)16(20)21-11-7-4-8-17-13(11)14/h1-8,19H,9H2,(H,18,22). The molecule has 0 radical (unpaired) electrons. The van der Waals surface area contributed by atoms with E-state index in [2.05, 4.69) is 10.3 Å². The number of aromatic hydroxyl groups is 1. The average Bonchev–Trinajstić information content (AvgIpc) is 2.54. The number of thiocarbonyl (C=S) groups is 1. The highest BCUT2D eigenvalue weighted by molar-refractivity contribution is 7.80. The van der Waals surface area contributed by atoms with Crippen molar-refractivity contribution >= 4 is 28.3 Å². The Morgan fingerprint density at radius 1 is 1.23 bits per heavy atom. The minimum absolute atomic E-state index is 0.0721. The smallest absolute Gasteiger partial charge is 0.350 e. The van der Waals surface area contributed by atoms with Gasteiger partial charge in [-0.05, 0) is 17.7 Å². The normalized spacial score (nSPS) is 10.5. The lowest BCUT2D eigenvalue weighted by molar-refractivity contribution is 0.464. The Kier molecular flexibility index (Phi) is 3.84. The Balaban J connectivity index is 1.92. The maximum absolute atomic E-state index is 12.0. The Hall–Kier alpha value is -2.73. The predicted molar refractivity (Wildman–Crippen MR) is 86.9 cm³/mol. The molecule has 1 aromatic carbocycles. The van der Waals surface area contributed by atoms with Crippen molar-refractivity contribution in [2.75, 3.05) is 0 Å². The third-order valence-electron chi connectivity index (χ3n) is 3.16. The van der Waals surface area contributed by atoms with Crippen molar-refractivity contribution in [1.29, 1.82) is 0 Å². The molecule has 3 rings (SSSR count). The number of benzene rings is 1. The van der Waals surface area contributed by atoms with Crippen molar-refractivity contribution in [3.63, 3.8) is 0 Å². The van der Waals surface area contributed by atoms with Crippen LogP contribution in [0.4, 0.5) is 0 Å². The van der Waals surface area contributed by atoms with E-state index in [0.29, 0.717) is 6.54 Å². The summed E-state index contributed by atoms with van der Waals surface area (Å²) in [5.41, 5.74) is 0.675. The molecule has 0 unspecified atom stereocenters. The number of pyridine rings is 1. The first kappa shape index (κ1) is 14.2. The van der Waals surface area contributed by atoms with Crippen LogP contribution in [0.5, 0.6) is 5.75 Å². The Morgan fingerprint density at radius 2 is 2.00 bits per heavy atom. The van der Waals surface area contributed by atoms with Crippen molar-refractivity contribution < 1.29 is 9.52 Å². The fourth-order valence-electron chi connectivity index (χ4n) is 2.08. The molecule has 2 aromatic heterocycles. The van der Waals surface area contributed by atoms with E-state index in [-0.39, 0.29) is 27.4 Å². The van der Waals surface area contributed by atoms with Crippen molar-refractivity contribution in [1.82, 2.24) is 10.3 Å². The first-order valence-corrected chi connectivity index (χ1v) is 7.00. The summed E-state index contributed by atoms with van der Waals surface area (Å²) >= 11 is 5.20. The van der Waals surface area contributed by atoms with Gasteiger partial charge >= 0.3 is 5.63 Å². The van der Waals surface area contributed by atoms with E-state index in [4.69, 9.17) is 16.6 Å². The Labute approximate surface area is 131 Å². The summed E-state index contributed by atoms with van der Waals surface area (Å²) in [6, 6.07) is 12.8. The molecule has 2 heterocycles. The lowest BCUT2D eigenvalue weighted by Crippen LogP contribution is -2.27. The van der Waals surface area contributed by atoms with Crippen LogP contribution in [-0.2, 0) is 6.54 Å². The van der Waals surface area contributed by atoms with E-state index in [1.165, 1.54) is 6.20 Å². The second-order valence-corrected chi connectivity index (χ2v) is 5.04. The third-order valence-corrected chi connectivity index (χ3v) is 3.51. The van der Waals surface area contributed by atoms with Crippen molar-refractivity contribution in [3.8, 4) is 5.75 Å². The molecule has 0 saturated heterocycles. The van der Waals surface area contributed by atoms with Crippen LogP contribution < -0.4 is 10.9 Å². The highest BCUT2D eigenvalue weighted by atomic mass is 32.1. The van der Waals surface area contributed by atoms with E-state index in [0.717, 1.165) is 5.56 Å². The maximum Gasteiger partial charge on any atom is 0.350 e. The van der Waals surface area contributed by atoms with Gasteiger partial charge in [-0.1, -0.05) is 42.5 Å². The summed E-state index contributed by atoms with van der Waals surface area (Å²) in [7, 11) is 0. The minimum Gasteiger partial charge on any atom is -0.505 e. The average molecular weight is 312 g/mol. The van der Waals surface area contributed by atoms with E-state index >= 15 is 0 Å². The SMILES string of the molecule is O=c1oc2cccnc2c(O)c1C(=S)NCc1ccccc1. The number of aromatic nitrogens is 1. The molecule has 3 aromatic rings.